The minimum Gasteiger partial charge on any atom is -0.385 e. The van der Waals surface area contributed by atoms with E-state index in [1.165, 1.54) is 0 Å². The summed E-state index contributed by atoms with van der Waals surface area (Å²) in [5.74, 6) is 0.580. The third-order valence-corrected chi connectivity index (χ3v) is 2.03. The number of nitrogens with one attached hydrogen (secondary N) is 1. The third-order valence-electron chi connectivity index (χ3n) is 2.03. The molecule has 1 heterocycles. The first-order valence-electron chi connectivity index (χ1n) is 4.57. The van der Waals surface area contributed by atoms with Crippen LogP contribution in [0.3, 0.4) is 0 Å². The fourth-order valence-electron chi connectivity index (χ4n) is 1.20. The van der Waals surface area contributed by atoms with Gasteiger partial charge in [0.25, 0.3) is 6.43 Å². The van der Waals surface area contributed by atoms with Crippen LogP contribution in [0.25, 0.3) is 0 Å². The minimum absolute atomic E-state index is 0.166. The Kier molecular flexibility index (Phi) is 4.06. The van der Waals surface area contributed by atoms with Crippen molar-refractivity contribution in [3.05, 3.63) is 0 Å². The molecule has 14 heavy (non-hydrogen) atoms. The third kappa shape index (κ3) is 3.10. The van der Waals surface area contributed by atoms with E-state index in [1.54, 1.807) is 0 Å². The normalized spacial score (nSPS) is 19.5. The maximum atomic E-state index is 11.9. The van der Waals surface area contributed by atoms with E-state index < -0.39 is 12.5 Å². The summed E-state index contributed by atoms with van der Waals surface area (Å²) in [5.41, 5.74) is 0. The second-order valence-electron chi connectivity index (χ2n) is 3.26. The molecular formula is C8H15F2N3O. The van der Waals surface area contributed by atoms with Crippen LogP contribution in [0, 0.1) is 0 Å². The maximum Gasteiger partial charge on any atom is 0.265 e. The molecule has 0 aliphatic carbocycles. The number of hydrogen-bond acceptors (Lipinski definition) is 4. The highest BCUT2D eigenvalue weighted by Gasteiger charge is 2.18. The van der Waals surface area contributed by atoms with E-state index in [1.807, 2.05) is 11.9 Å². The van der Waals surface area contributed by atoms with Crippen LogP contribution in [-0.4, -0.2) is 55.2 Å². The van der Waals surface area contributed by atoms with Crippen molar-refractivity contribution in [3.63, 3.8) is 0 Å². The standard InChI is InChI=1S/C8H15F2N3O/c1-13-4-2-3-11-8(13)12-5-6(14)7(9)10/h6-7,14H,2-5H2,1H3,(H,11,12). The van der Waals surface area contributed by atoms with Crippen molar-refractivity contribution in [1.29, 1.82) is 0 Å². The van der Waals surface area contributed by atoms with Gasteiger partial charge in [0.15, 0.2) is 5.96 Å². The van der Waals surface area contributed by atoms with E-state index >= 15 is 0 Å². The van der Waals surface area contributed by atoms with E-state index in [9.17, 15) is 8.78 Å². The number of hydrogen-bond donors (Lipinski definition) is 2. The van der Waals surface area contributed by atoms with Crippen molar-refractivity contribution in [3.8, 4) is 0 Å². The summed E-state index contributed by atoms with van der Waals surface area (Å²) in [6.45, 7) is 1.40. The highest BCUT2D eigenvalue weighted by Crippen LogP contribution is 2.01. The molecule has 0 amide bonds. The molecule has 6 heteroatoms. The van der Waals surface area contributed by atoms with Crippen molar-refractivity contribution < 1.29 is 13.9 Å². The molecule has 0 saturated heterocycles. The molecule has 0 aromatic heterocycles. The largest absolute Gasteiger partial charge is 0.385 e. The molecule has 1 atom stereocenters. The summed E-state index contributed by atoms with van der Waals surface area (Å²) < 4.78 is 23.9. The first kappa shape index (κ1) is 11.2. The second kappa shape index (κ2) is 5.09. The summed E-state index contributed by atoms with van der Waals surface area (Å²) in [7, 11) is 1.83. The van der Waals surface area contributed by atoms with Gasteiger partial charge >= 0.3 is 0 Å². The molecule has 0 spiro atoms. The summed E-state index contributed by atoms with van der Waals surface area (Å²) in [5, 5.41) is 11.6. The summed E-state index contributed by atoms with van der Waals surface area (Å²) in [6, 6.07) is 0. The summed E-state index contributed by atoms with van der Waals surface area (Å²) in [4.78, 5) is 5.97. The van der Waals surface area contributed by atoms with E-state index in [0.717, 1.165) is 13.0 Å². The van der Waals surface area contributed by atoms with Gasteiger partial charge in [-0.1, -0.05) is 0 Å². The zero-order valence-electron chi connectivity index (χ0n) is 8.08. The van der Waals surface area contributed by atoms with Crippen molar-refractivity contribution in [1.82, 2.24) is 10.2 Å². The van der Waals surface area contributed by atoms with E-state index in [2.05, 4.69) is 10.3 Å². The fourth-order valence-corrected chi connectivity index (χ4v) is 1.20. The van der Waals surface area contributed by atoms with E-state index in [-0.39, 0.29) is 6.54 Å². The van der Waals surface area contributed by atoms with E-state index in [0.29, 0.717) is 12.5 Å². The Morgan fingerprint density at radius 1 is 1.64 bits per heavy atom. The monoisotopic (exact) mass is 207 g/mol. The average molecular weight is 207 g/mol. The van der Waals surface area contributed by atoms with Gasteiger partial charge in [-0.3, -0.25) is 4.99 Å². The number of alkyl halides is 2. The van der Waals surface area contributed by atoms with Crippen LogP contribution in [0.2, 0.25) is 0 Å². The summed E-state index contributed by atoms with van der Waals surface area (Å²) in [6.07, 6.45) is -3.37. The lowest BCUT2D eigenvalue weighted by molar-refractivity contribution is -0.00127. The lowest BCUT2D eigenvalue weighted by Gasteiger charge is -2.26. The van der Waals surface area contributed by atoms with Crippen molar-refractivity contribution >= 4 is 5.96 Å². The molecule has 4 nitrogen and oxygen atoms in total. The topological polar surface area (TPSA) is 47.9 Å². The van der Waals surface area contributed by atoms with Gasteiger partial charge in [0.2, 0.25) is 0 Å². The molecule has 0 radical (unpaired) electrons. The lowest BCUT2D eigenvalue weighted by atomic mass is 10.3. The number of rotatable bonds is 3. The smallest absolute Gasteiger partial charge is 0.265 e. The van der Waals surface area contributed by atoms with Gasteiger partial charge in [0.1, 0.15) is 6.10 Å². The zero-order valence-corrected chi connectivity index (χ0v) is 8.08. The first-order chi connectivity index (χ1) is 6.61. The maximum absolute atomic E-state index is 11.9. The number of aliphatic hydroxyl groups excluding tert-OH is 1. The van der Waals surface area contributed by atoms with Crippen LogP contribution in [0.5, 0.6) is 0 Å². The quantitative estimate of drug-likeness (QED) is 0.679. The van der Waals surface area contributed by atoms with Crippen LogP contribution in [0.1, 0.15) is 6.42 Å². The molecule has 82 valence electrons. The van der Waals surface area contributed by atoms with Crippen molar-refractivity contribution in [2.45, 2.75) is 19.0 Å². The van der Waals surface area contributed by atoms with Gasteiger partial charge in [0.05, 0.1) is 0 Å². The van der Waals surface area contributed by atoms with Gasteiger partial charge < -0.3 is 15.3 Å². The Balaban J connectivity index is 2.33. The number of aliphatic hydroxyl groups is 1. The predicted molar refractivity (Wildman–Crippen MR) is 49.6 cm³/mol. The Bertz CT molecular complexity index is 211. The molecule has 2 N–H and O–H groups in total. The molecular weight excluding hydrogens is 192 g/mol. The minimum atomic E-state index is -2.71. The molecule has 0 fully saturated rings. The lowest BCUT2D eigenvalue weighted by Crippen LogP contribution is -2.45. The summed E-state index contributed by atoms with van der Waals surface area (Å²) >= 11 is 0. The first-order valence-corrected chi connectivity index (χ1v) is 4.57. The van der Waals surface area contributed by atoms with Crippen molar-refractivity contribution in [2.75, 3.05) is 26.7 Å². The van der Waals surface area contributed by atoms with E-state index in [4.69, 9.17) is 5.11 Å². The molecule has 0 aromatic carbocycles. The molecule has 1 aliphatic heterocycles. The SMILES string of the molecule is CN1CCCN=C1NCC(O)C(F)F. The van der Waals surface area contributed by atoms with Gasteiger partial charge in [-0.15, -0.1) is 0 Å². The van der Waals surface area contributed by atoms with Crippen LogP contribution >= 0.6 is 0 Å². The highest BCUT2D eigenvalue weighted by atomic mass is 19.3. The molecule has 1 aliphatic rings. The van der Waals surface area contributed by atoms with Gasteiger partial charge in [-0.2, -0.15) is 0 Å². The number of nitrogens with zero attached hydrogens (tertiary/aromatic N) is 2. The Labute approximate surface area is 81.6 Å². The molecule has 1 rings (SSSR count). The Morgan fingerprint density at radius 2 is 2.36 bits per heavy atom. The second-order valence-corrected chi connectivity index (χ2v) is 3.26. The number of guanidine groups is 1. The molecule has 0 bridgehead atoms. The average Bonchev–Trinajstić information content (AvgIpc) is 2.16. The zero-order chi connectivity index (χ0) is 10.6. The molecule has 0 aromatic rings. The highest BCUT2D eigenvalue weighted by molar-refractivity contribution is 5.80. The van der Waals surface area contributed by atoms with Crippen LogP contribution in [-0.2, 0) is 0 Å². The molecule has 1 unspecified atom stereocenters. The predicted octanol–water partition coefficient (Wildman–Crippen LogP) is -0.107. The molecule has 0 saturated carbocycles. The number of halogens is 2. The van der Waals surface area contributed by atoms with Crippen molar-refractivity contribution in [2.24, 2.45) is 4.99 Å². The van der Waals surface area contributed by atoms with Crippen LogP contribution in [0.4, 0.5) is 8.78 Å². The Morgan fingerprint density at radius 3 is 2.93 bits per heavy atom. The van der Waals surface area contributed by atoms with Gasteiger partial charge in [-0.25, -0.2) is 8.78 Å². The number of aliphatic imine (C=N–C) groups is 1. The van der Waals surface area contributed by atoms with Gasteiger partial charge in [-0.05, 0) is 6.42 Å². The fraction of sp³-hybridized carbons (Fsp3) is 0.875. The van der Waals surface area contributed by atoms with Crippen LogP contribution < -0.4 is 5.32 Å². The Hall–Kier alpha value is -0.910. The van der Waals surface area contributed by atoms with Gasteiger partial charge in [0, 0.05) is 26.7 Å². The van der Waals surface area contributed by atoms with Crippen LogP contribution in [0.15, 0.2) is 4.99 Å².